The second-order valence-electron chi connectivity index (χ2n) is 7.07. The number of halogens is 2. The summed E-state index contributed by atoms with van der Waals surface area (Å²) in [6.45, 7) is -2.83. The van der Waals surface area contributed by atoms with Gasteiger partial charge in [0.15, 0.2) is 5.75 Å². The second-order valence-corrected chi connectivity index (χ2v) is 7.07. The minimum absolute atomic E-state index is 0.0268. The number of benzene rings is 1. The Labute approximate surface area is 171 Å². The molecule has 0 bridgehead atoms. The summed E-state index contributed by atoms with van der Waals surface area (Å²) in [5, 5.41) is 5.05. The van der Waals surface area contributed by atoms with Crippen molar-refractivity contribution in [2.75, 3.05) is 36.5 Å². The lowest BCUT2D eigenvalue weighted by molar-refractivity contribution is -0.131. The molecule has 1 saturated carbocycles. The van der Waals surface area contributed by atoms with Crippen LogP contribution in [-0.4, -0.2) is 56.7 Å². The van der Waals surface area contributed by atoms with Crippen LogP contribution in [0.1, 0.15) is 19.3 Å². The normalized spacial score (nSPS) is 18.0. The van der Waals surface area contributed by atoms with Crippen molar-refractivity contribution in [2.24, 2.45) is 11.7 Å². The summed E-state index contributed by atoms with van der Waals surface area (Å²) < 4.78 is 35.4. The minimum Gasteiger partial charge on any atom is -0.433 e. The zero-order chi connectivity index (χ0) is 21.7. The fourth-order valence-electron chi connectivity index (χ4n) is 3.18. The van der Waals surface area contributed by atoms with E-state index in [1.54, 1.807) is 0 Å². The molecule has 1 atom stereocenters. The van der Waals surface area contributed by atoms with Crippen molar-refractivity contribution >= 4 is 29.1 Å². The van der Waals surface area contributed by atoms with Gasteiger partial charge in [0.2, 0.25) is 11.8 Å². The van der Waals surface area contributed by atoms with Gasteiger partial charge < -0.3 is 30.7 Å². The number of hydrogen-bond acceptors (Lipinski definition) is 6. The lowest BCUT2D eigenvalue weighted by Crippen LogP contribution is -2.50. The molecule has 1 aliphatic heterocycles. The van der Waals surface area contributed by atoms with Gasteiger partial charge in [0.05, 0.1) is 12.3 Å². The predicted molar refractivity (Wildman–Crippen MR) is 103 cm³/mol. The lowest BCUT2D eigenvalue weighted by atomic mass is 9.84. The molecule has 1 heterocycles. The van der Waals surface area contributed by atoms with Crippen LogP contribution in [0.5, 0.6) is 5.75 Å². The highest BCUT2D eigenvalue weighted by molar-refractivity contribution is 6.00. The predicted octanol–water partition coefficient (Wildman–Crippen LogP) is 0.833. The molecule has 1 aromatic carbocycles. The fourth-order valence-corrected chi connectivity index (χ4v) is 3.18. The first-order chi connectivity index (χ1) is 14.4. The third-order valence-electron chi connectivity index (χ3n) is 5.08. The summed E-state index contributed by atoms with van der Waals surface area (Å²) in [6.07, 6.45) is 2.49. The number of nitrogens with two attached hydrogens (primary N) is 1. The number of morpholine rings is 1. The van der Waals surface area contributed by atoms with Gasteiger partial charge in [0.25, 0.3) is 5.91 Å². The van der Waals surface area contributed by atoms with Crippen LogP contribution in [0.3, 0.4) is 0 Å². The molecule has 30 heavy (non-hydrogen) atoms. The van der Waals surface area contributed by atoms with Gasteiger partial charge in [-0.25, -0.2) is 0 Å². The van der Waals surface area contributed by atoms with E-state index in [-0.39, 0.29) is 48.9 Å². The molecule has 0 radical (unpaired) electrons. The monoisotopic (exact) mass is 426 g/mol. The number of hydrogen-bond donors (Lipinski definition) is 3. The molecule has 4 N–H and O–H groups in total. The van der Waals surface area contributed by atoms with Crippen LogP contribution in [0.2, 0.25) is 0 Å². The largest absolute Gasteiger partial charge is 0.433 e. The van der Waals surface area contributed by atoms with E-state index >= 15 is 0 Å². The molecular formula is C19H24F2N4O5. The van der Waals surface area contributed by atoms with Crippen LogP contribution in [0, 0.1) is 5.92 Å². The maximum atomic E-state index is 12.9. The van der Waals surface area contributed by atoms with E-state index in [9.17, 15) is 23.2 Å². The van der Waals surface area contributed by atoms with Gasteiger partial charge in [0.1, 0.15) is 12.6 Å². The van der Waals surface area contributed by atoms with Crippen LogP contribution in [0.25, 0.3) is 0 Å². The molecule has 0 aromatic heterocycles. The number of nitrogens with one attached hydrogen (secondary N) is 2. The smallest absolute Gasteiger partial charge is 0.387 e. The SMILES string of the molecule is NC[C@@H](NC(=O)C1CCC1)C(=O)Nc1ccc(N2CCOCC2=O)cc1OC(F)F. The molecule has 2 fully saturated rings. The summed E-state index contributed by atoms with van der Waals surface area (Å²) in [4.78, 5) is 38.0. The summed E-state index contributed by atoms with van der Waals surface area (Å²) in [6, 6.07) is 3.09. The first-order valence-electron chi connectivity index (χ1n) is 9.67. The average molecular weight is 426 g/mol. The van der Waals surface area contributed by atoms with Gasteiger partial charge in [-0.15, -0.1) is 0 Å². The van der Waals surface area contributed by atoms with Crippen molar-refractivity contribution in [3.63, 3.8) is 0 Å². The lowest BCUT2D eigenvalue weighted by Gasteiger charge is -2.28. The van der Waals surface area contributed by atoms with Crippen LogP contribution in [0.15, 0.2) is 18.2 Å². The maximum absolute atomic E-state index is 12.9. The topological polar surface area (TPSA) is 123 Å². The van der Waals surface area contributed by atoms with Crippen molar-refractivity contribution in [3.05, 3.63) is 18.2 Å². The van der Waals surface area contributed by atoms with Gasteiger partial charge in [-0.2, -0.15) is 8.78 Å². The summed E-state index contributed by atoms with van der Waals surface area (Å²) in [5.74, 6) is -1.66. The Balaban J connectivity index is 1.74. The van der Waals surface area contributed by atoms with Crippen molar-refractivity contribution in [1.82, 2.24) is 5.32 Å². The number of anilines is 2. The zero-order valence-corrected chi connectivity index (χ0v) is 16.2. The highest BCUT2D eigenvalue weighted by Crippen LogP contribution is 2.32. The van der Waals surface area contributed by atoms with Gasteiger partial charge in [0, 0.05) is 30.8 Å². The van der Waals surface area contributed by atoms with E-state index in [1.807, 2.05) is 0 Å². The van der Waals surface area contributed by atoms with E-state index in [2.05, 4.69) is 15.4 Å². The molecule has 3 amide bonds. The Hall–Kier alpha value is -2.79. The van der Waals surface area contributed by atoms with E-state index in [0.717, 1.165) is 19.3 Å². The highest BCUT2D eigenvalue weighted by atomic mass is 19.3. The number of rotatable bonds is 8. The first kappa shape index (κ1) is 21.9. The van der Waals surface area contributed by atoms with Crippen molar-refractivity contribution in [3.8, 4) is 5.75 Å². The summed E-state index contributed by atoms with van der Waals surface area (Å²) in [5.41, 5.74) is 5.92. The second kappa shape index (κ2) is 9.81. The Bertz CT molecular complexity index is 803. The molecule has 1 aliphatic carbocycles. The number of carbonyl (C=O) groups excluding carboxylic acids is 3. The number of ether oxygens (including phenoxy) is 2. The van der Waals surface area contributed by atoms with Crippen LogP contribution in [-0.2, 0) is 19.1 Å². The van der Waals surface area contributed by atoms with Gasteiger partial charge in [-0.1, -0.05) is 6.42 Å². The molecule has 1 saturated heterocycles. The number of nitrogens with zero attached hydrogens (tertiary/aromatic N) is 1. The third-order valence-corrected chi connectivity index (χ3v) is 5.08. The van der Waals surface area contributed by atoms with Crippen LogP contribution in [0.4, 0.5) is 20.2 Å². The molecule has 0 spiro atoms. The van der Waals surface area contributed by atoms with Crippen molar-refractivity contribution in [2.45, 2.75) is 31.9 Å². The number of alkyl halides is 2. The zero-order valence-electron chi connectivity index (χ0n) is 16.2. The van der Waals surface area contributed by atoms with Crippen LogP contribution < -0.4 is 26.0 Å². The first-order valence-corrected chi connectivity index (χ1v) is 9.67. The number of amides is 3. The van der Waals surface area contributed by atoms with Gasteiger partial charge in [-0.3, -0.25) is 14.4 Å². The Morgan fingerprint density at radius 1 is 1.33 bits per heavy atom. The molecule has 1 aromatic rings. The van der Waals surface area contributed by atoms with Crippen LogP contribution >= 0.6 is 0 Å². The Kier molecular flexibility index (Phi) is 7.16. The van der Waals surface area contributed by atoms with Gasteiger partial charge in [-0.05, 0) is 25.0 Å². The van der Waals surface area contributed by atoms with E-state index in [4.69, 9.17) is 10.5 Å². The van der Waals surface area contributed by atoms with Crippen molar-refractivity contribution in [1.29, 1.82) is 0 Å². The fraction of sp³-hybridized carbons (Fsp3) is 0.526. The van der Waals surface area contributed by atoms with E-state index in [1.165, 1.54) is 23.1 Å². The molecule has 11 heteroatoms. The summed E-state index contributed by atoms with van der Waals surface area (Å²) >= 11 is 0. The standard InChI is InChI=1S/C19H24F2N4O5/c20-19(21)30-15-8-12(25-6-7-29-10-16(25)26)4-5-13(15)23-18(28)14(9-22)24-17(27)11-2-1-3-11/h4-5,8,11,14,19H,1-3,6-7,9-10,22H2,(H,23,28)(H,24,27)/t14-/m1/s1. The molecule has 0 unspecified atom stereocenters. The van der Waals surface area contributed by atoms with E-state index in [0.29, 0.717) is 12.3 Å². The maximum Gasteiger partial charge on any atom is 0.387 e. The third kappa shape index (κ3) is 5.22. The average Bonchev–Trinajstić information content (AvgIpc) is 2.66. The van der Waals surface area contributed by atoms with E-state index < -0.39 is 18.6 Å². The summed E-state index contributed by atoms with van der Waals surface area (Å²) in [7, 11) is 0. The minimum atomic E-state index is -3.14. The highest BCUT2D eigenvalue weighted by Gasteiger charge is 2.29. The molecular weight excluding hydrogens is 402 g/mol. The number of carbonyl (C=O) groups is 3. The molecule has 2 aliphatic rings. The molecule has 164 valence electrons. The molecule has 9 nitrogen and oxygen atoms in total. The van der Waals surface area contributed by atoms with Gasteiger partial charge >= 0.3 is 6.61 Å². The Morgan fingerprint density at radius 3 is 2.70 bits per heavy atom. The Morgan fingerprint density at radius 2 is 2.10 bits per heavy atom. The van der Waals surface area contributed by atoms with Crippen molar-refractivity contribution < 1.29 is 32.6 Å². The quantitative estimate of drug-likeness (QED) is 0.566. The molecule has 3 rings (SSSR count).